The topological polar surface area (TPSA) is 82.2 Å². The van der Waals surface area contributed by atoms with E-state index in [0.717, 1.165) is 31.5 Å². The molecular formula is C21H23N5O2. The Bertz CT molecular complexity index is 1030. The van der Waals surface area contributed by atoms with Gasteiger partial charge in [0.1, 0.15) is 11.9 Å². The van der Waals surface area contributed by atoms with Gasteiger partial charge in [0.15, 0.2) is 0 Å². The third-order valence-electron chi connectivity index (χ3n) is 5.16. The number of hydrogen-bond donors (Lipinski definition) is 1. The van der Waals surface area contributed by atoms with E-state index in [0.29, 0.717) is 16.7 Å². The van der Waals surface area contributed by atoms with Gasteiger partial charge < -0.3 is 9.88 Å². The molecule has 0 bridgehead atoms. The van der Waals surface area contributed by atoms with Crippen molar-refractivity contribution in [2.45, 2.75) is 25.4 Å². The van der Waals surface area contributed by atoms with E-state index in [-0.39, 0.29) is 24.1 Å². The molecule has 0 spiro atoms. The molecule has 3 heterocycles. The summed E-state index contributed by atoms with van der Waals surface area (Å²) in [7, 11) is 1.75. The van der Waals surface area contributed by atoms with Crippen molar-refractivity contribution >= 4 is 16.8 Å². The molecule has 1 fully saturated rings. The maximum absolute atomic E-state index is 13.3. The van der Waals surface area contributed by atoms with Crippen molar-refractivity contribution in [2.24, 2.45) is 0 Å². The van der Waals surface area contributed by atoms with E-state index in [1.807, 2.05) is 24.3 Å². The van der Waals surface area contributed by atoms with Crippen molar-refractivity contribution in [1.82, 2.24) is 24.8 Å². The van der Waals surface area contributed by atoms with Crippen molar-refractivity contribution in [3.8, 4) is 0 Å². The number of carbonyl (C=O) groups excluding carboxylic acids is 1. The van der Waals surface area contributed by atoms with E-state index in [9.17, 15) is 9.59 Å². The number of hydrogen-bond acceptors (Lipinski definition) is 5. The molecule has 7 nitrogen and oxygen atoms in total. The lowest BCUT2D eigenvalue weighted by Crippen LogP contribution is -2.40. The van der Waals surface area contributed by atoms with Gasteiger partial charge in [-0.15, -0.1) is 0 Å². The molecule has 1 aliphatic rings. The zero-order chi connectivity index (χ0) is 19.5. The van der Waals surface area contributed by atoms with Crippen LogP contribution < -0.4 is 5.56 Å². The zero-order valence-electron chi connectivity index (χ0n) is 15.8. The second kappa shape index (κ2) is 7.90. The number of para-hydroxylation sites is 1. The first-order chi connectivity index (χ1) is 13.6. The maximum atomic E-state index is 13.3. The Hall–Kier alpha value is -3.06. The molecule has 2 aromatic heterocycles. The first-order valence-corrected chi connectivity index (χ1v) is 9.50. The molecule has 28 heavy (non-hydrogen) atoms. The van der Waals surface area contributed by atoms with Gasteiger partial charge in [-0.1, -0.05) is 18.2 Å². The summed E-state index contributed by atoms with van der Waals surface area (Å²) in [5, 5.41) is 0.547. The van der Waals surface area contributed by atoms with E-state index < -0.39 is 0 Å². The Labute approximate surface area is 163 Å². The Morgan fingerprint density at radius 1 is 1.21 bits per heavy atom. The number of carbonyl (C=O) groups is 1. The minimum Gasteiger partial charge on any atom is -0.337 e. The SMILES string of the molecule is CN(Cc1nc2ccccc2c(=O)[nH]1)C(=O)[C@@H](c1cccnc1)N1CCCC1. The summed E-state index contributed by atoms with van der Waals surface area (Å²) in [6.45, 7) is 2.03. The third-order valence-corrected chi connectivity index (χ3v) is 5.16. The van der Waals surface area contributed by atoms with Crippen molar-refractivity contribution in [3.63, 3.8) is 0 Å². The number of fused-ring (bicyclic) bond motifs is 1. The predicted molar refractivity (Wildman–Crippen MR) is 107 cm³/mol. The number of amides is 1. The fourth-order valence-corrected chi connectivity index (χ4v) is 3.77. The van der Waals surface area contributed by atoms with Gasteiger partial charge in [-0.25, -0.2) is 4.98 Å². The van der Waals surface area contributed by atoms with Crippen LogP contribution in [-0.2, 0) is 11.3 Å². The number of rotatable bonds is 5. The summed E-state index contributed by atoms with van der Waals surface area (Å²) >= 11 is 0. The van der Waals surface area contributed by atoms with Crippen molar-refractivity contribution < 1.29 is 4.79 Å². The van der Waals surface area contributed by atoms with Crippen molar-refractivity contribution in [3.05, 3.63) is 70.5 Å². The molecule has 0 radical (unpaired) electrons. The number of likely N-dealkylation sites (tertiary alicyclic amines) is 1. The van der Waals surface area contributed by atoms with Gasteiger partial charge in [-0.2, -0.15) is 0 Å². The average molecular weight is 377 g/mol. The lowest BCUT2D eigenvalue weighted by molar-refractivity contribution is -0.136. The normalized spacial score (nSPS) is 15.6. The van der Waals surface area contributed by atoms with Gasteiger partial charge in [-0.3, -0.25) is 19.5 Å². The van der Waals surface area contributed by atoms with Gasteiger partial charge in [0.25, 0.3) is 5.56 Å². The summed E-state index contributed by atoms with van der Waals surface area (Å²) in [6.07, 6.45) is 5.65. The van der Waals surface area contributed by atoms with Crippen molar-refractivity contribution in [1.29, 1.82) is 0 Å². The third kappa shape index (κ3) is 3.66. The molecule has 1 saturated heterocycles. The van der Waals surface area contributed by atoms with Gasteiger partial charge in [0.05, 0.1) is 17.4 Å². The van der Waals surface area contributed by atoms with E-state index in [1.54, 1.807) is 36.5 Å². The van der Waals surface area contributed by atoms with E-state index in [4.69, 9.17) is 0 Å². The number of likely N-dealkylation sites (N-methyl/N-ethyl adjacent to an activating group) is 1. The standard InChI is InChI=1S/C21H23N5O2/c1-25(14-18-23-17-9-3-2-8-16(17)20(27)24-18)21(28)19(26-11-4-5-12-26)15-7-6-10-22-13-15/h2-3,6-10,13,19H,4-5,11-12,14H2,1H3,(H,23,24,27)/t19-/m1/s1. The van der Waals surface area contributed by atoms with Crippen LogP contribution in [0.5, 0.6) is 0 Å². The second-order valence-corrected chi connectivity index (χ2v) is 7.16. The molecule has 4 rings (SSSR count). The lowest BCUT2D eigenvalue weighted by atomic mass is 10.1. The zero-order valence-corrected chi connectivity index (χ0v) is 15.8. The molecule has 1 amide bonds. The number of benzene rings is 1. The van der Waals surface area contributed by atoms with Gasteiger partial charge in [0, 0.05) is 19.4 Å². The molecular weight excluding hydrogens is 354 g/mol. The Morgan fingerprint density at radius 3 is 2.75 bits per heavy atom. The fraction of sp³-hybridized carbons (Fsp3) is 0.333. The number of nitrogens with zero attached hydrogens (tertiary/aromatic N) is 4. The van der Waals surface area contributed by atoms with Crippen LogP contribution in [0.15, 0.2) is 53.6 Å². The first kappa shape index (κ1) is 18.3. The highest BCUT2D eigenvalue weighted by Gasteiger charge is 2.32. The minimum absolute atomic E-state index is 0.0225. The lowest BCUT2D eigenvalue weighted by Gasteiger charge is -2.30. The van der Waals surface area contributed by atoms with Crippen LogP contribution in [0, 0.1) is 0 Å². The van der Waals surface area contributed by atoms with Crippen LogP contribution in [0.4, 0.5) is 0 Å². The highest BCUT2D eigenvalue weighted by atomic mass is 16.2. The van der Waals surface area contributed by atoms with Crippen LogP contribution in [0.3, 0.4) is 0 Å². The molecule has 1 aliphatic heterocycles. The molecule has 7 heteroatoms. The largest absolute Gasteiger partial charge is 0.337 e. The van der Waals surface area contributed by atoms with Crippen LogP contribution in [0.2, 0.25) is 0 Å². The number of pyridine rings is 1. The smallest absolute Gasteiger partial charge is 0.258 e. The predicted octanol–water partition coefficient (Wildman–Crippen LogP) is 2.11. The summed E-state index contributed by atoms with van der Waals surface area (Å²) in [5.41, 5.74) is 1.33. The van der Waals surface area contributed by atoms with Crippen LogP contribution >= 0.6 is 0 Å². The Balaban J connectivity index is 1.60. The maximum Gasteiger partial charge on any atom is 0.258 e. The number of aromatic amines is 1. The van der Waals surface area contributed by atoms with E-state index in [1.165, 1.54) is 0 Å². The number of H-pyrrole nitrogens is 1. The molecule has 1 N–H and O–H groups in total. The second-order valence-electron chi connectivity index (χ2n) is 7.16. The fourth-order valence-electron chi connectivity index (χ4n) is 3.77. The van der Waals surface area contributed by atoms with Crippen LogP contribution in [0.1, 0.15) is 30.3 Å². The highest BCUT2D eigenvalue weighted by molar-refractivity contribution is 5.83. The number of nitrogens with one attached hydrogen (secondary N) is 1. The molecule has 1 aromatic carbocycles. The minimum atomic E-state index is -0.367. The van der Waals surface area contributed by atoms with Gasteiger partial charge >= 0.3 is 0 Å². The van der Waals surface area contributed by atoms with Crippen molar-refractivity contribution in [2.75, 3.05) is 20.1 Å². The molecule has 144 valence electrons. The summed E-state index contributed by atoms with van der Waals surface area (Å²) < 4.78 is 0. The average Bonchev–Trinajstić information content (AvgIpc) is 3.23. The molecule has 0 aliphatic carbocycles. The Kier molecular flexibility index (Phi) is 5.16. The summed E-state index contributed by atoms with van der Waals surface area (Å²) in [4.78, 5) is 41.0. The Morgan fingerprint density at radius 2 is 2.00 bits per heavy atom. The molecule has 3 aromatic rings. The summed E-state index contributed by atoms with van der Waals surface area (Å²) in [5.74, 6) is 0.455. The molecule has 0 unspecified atom stereocenters. The number of aromatic nitrogens is 3. The monoisotopic (exact) mass is 377 g/mol. The van der Waals surface area contributed by atoms with Crippen LogP contribution in [0.25, 0.3) is 10.9 Å². The van der Waals surface area contributed by atoms with E-state index >= 15 is 0 Å². The van der Waals surface area contributed by atoms with Gasteiger partial charge in [-0.05, 0) is 49.7 Å². The molecule has 0 saturated carbocycles. The van der Waals surface area contributed by atoms with Crippen LogP contribution in [-0.4, -0.2) is 50.8 Å². The van der Waals surface area contributed by atoms with Gasteiger partial charge in [0.2, 0.25) is 5.91 Å². The molecule has 1 atom stereocenters. The quantitative estimate of drug-likeness (QED) is 0.736. The summed E-state index contributed by atoms with van der Waals surface area (Å²) in [6, 6.07) is 10.6. The first-order valence-electron chi connectivity index (χ1n) is 9.50. The highest BCUT2D eigenvalue weighted by Crippen LogP contribution is 2.26. The van der Waals surface area contributed by atoms with E-state index in [2.05, 4.69) is 19.9 Å².